The fourth-order valence-electron chi connectivity index (χ4n) is 1.09. The zero-order valence-electron chi connectivity index (χ0n) is 8.70. The minimum absolute atomic E-state index is 0.0331. The maximum absolute atomic E-state index is 6.05. The molecule has 3 heteroatoms. The lowest BCUT2D eigenvalue weighted by atomic mass is 9.85. The molecule has 0 spiro atoms. The molecular formula is C10H17N3. The summed E-state index contributed by atoms with van der Waals surface area (Å²) in [5.74, 6) is 0.775. The molecule has 3 nitrogen and oxygen atoms in total. The van der Waals surface area contributed by atoms with E-state index < -0.39 is 0 Å². The molecule has 0 fully saturated rings. The number of hydrogen-bond acceptors (Lipinski definition) is 3. The van der Waals surface area contributed by atoms with Gasteiger partial charge in [0.15, 0.2) is 0 Å². The number of hydrogen-bond donors (Lipinski definition) is 1. The van der Waals surface area contributed by atoms with Crippen molar-refractivity contribution in [1.29, 1.82) is 0 Å². The Morgan fingerprint density at radius 2 is 2.00 bits per heavy atom. The van der Waals surface area contributed by atoms with E-state index in [1.165, 1.54) is 0 Å². The maximum atomic E-state index is 6.05. The molecule has 0 amide bonds. The van der Waals surface area contributed by atoms with E-state index in [0.717, 1.165) is 11.5 Å². The lowest BCUT2D eigenvalue weighted by Gasteiger charge is -2.26. The molecule has 0 aromatic carbocycles. The normalized spacial score (nSPS) is 14.2. The Bertz CT molecular complexity index is 288. The van der Waals surface area contributed by atoms with Crippen LogP contribution in [0.2, 0.25) is 0 Å². The second kappa shape index (κ2) is 3.42. The average molecular weight is 179 g/mol. The van der Waals surface area contributed by atoms with E-state index in [1.54, 1.807) is 6.20 Å². The average Bonchev–Trinajstić information content (AvgIpc) is 2.01. The highest BCUT2D eigenvalue weighted by Gasteiger charge is 2.23. The first-order valence-corrected chi connectivity index (χ1v) is 4.46. The summed E-state index contributed by atoms with van der Waals surface area (Å²) >= 11 is 0. The van der Waals surface area contributed by atoms with Gasteiger partial charge in [-0.2, -0.15) is 0 Å². The van der Waals surface area contributed by atoms with Crippen LogP contribution in [0.4, 0.5) is 0 Å². The number of nitrogens with zero attached hydrogens (tertiary/aromatic N) is 2. The first-order chi connectivity index (χ1) is 5.91. The highest BCUT2D eigenvalue weighted by atomic mass is 14.9. The fourth-order valence-corrected chi connectivity index (χ4v) is 1.09. The van der Waals surface area contributed by atoms with Gasteiger partial charge in [0.2, 0.25) is 0 Å². The molecule has 0 saturated heterocycles. The van der Waals surface area contributed by atoms with Gasteiger partial charge in [-0.1, -0.05) is 20.8 Å². The van der Waals surface area contributed by atoms with Gasteiger partial charge in [0.05, 0.1) is 11.7 Å². The summed E-state index contributed by atoms with van der Waals surface area (Å²) in [5, 5.41) is 0. The summed E-state index contributed by atoms with van der Waals surface area (Å²) in [6, 6.07) is 1.84. The van der Waals surface area contributed by atoms with Crippen LogP contribution in [0.15, 0.2) is 12.3 Å². The lowest BCUT2D eigenvalue weighted by molar-refractivity contribution is 0.321. The molecule has 72 valence electrons. The summed E-state index contributed by atoms with van der Waals surface area (Å²) < 4.78 is 0. The van der Waals surface area contributed by atoms with Gasteiger partial charge in [0, 0.05) is 6.20 Å². The number of aromatic nitrogens is 2. The molecule has 13 heavy (non-hydrogen) atoms. The van der Waals surface area contributed by atoms with Crippen LogP contribution in [0.3, 0.4) is 0 Å². The summed E-state index contributed by atoms with van der Waals surface area (Å²) in [6.07, 6.45) is 1.75. The van der Waals surface area contributed by atoms with Gasteiger partial charge < -0.3 is 5.73 Å². The SMILES string of the molecule is Cc1nccc(C(N)C(C)(C)C)n1. The molecule has 1 unspecified atom stereocenters. The van der Waals surface area contributed by atoms with Crippen molar-refractivity contribution in [2.45, 2.75) is 33.7 Å². The fraction of sp³-hybridized carbons (Fsp3) is 0.600. The molecule has 1 atom stereocenters. The molecule has 1 aromatic heterocycles. The molecule has 1 rings (SSSR count). The summed E-state index contributed by atoms with van der Waals surface area (Å²) in [7, 11) is 0. The molecule has 0 aliphatic rings. The van der Waals surface area contributed by atoms with Gasteiger partial charge in [0.1, 0.15) is 5.82 Å². The predicted octanol–water partition coefficient (Wildman–Crippen LogP) is 1.83. The van der Waals surface area contributed by atoms with Crippen molar-refractivity contribution >= 4 is 0 Å². The number of rotatable bonds is 1. The van der Waals surface area contributed by atoms with Crippen LogP contribution in [-0.4, -0.2) is 9.97 Å². The van der Waals surface area contributed by atoms with Crippen molar-refractivity contribution in [3.8, 4) is 0 Å². The Morgan fingerprint density at radius 1 is 1.38 bits per heavy atom. The number of aryl methyl sites for hydroxylation is 1. The Kier molecular flexibility index (Phi) is 2.66. The molecule has 0 bridgehead atoms. The number of nitrogens with two attached hydrogens (primary N) is 1. The Labute approximate surface area is 79.4 Å². The van der Waals surface area contributed by atoms with Crippen molar-refractivity contribution in [3.05, 3.63) is 23.8 Å². The molecule has 0 aliphatic heterocycles. The van der Waals surface area contributed by atoms with E-state index in [4.69, 9.17) is 5.73 Å². The van der Waals surface area contributed by atoms with Crippen molar-refractivity contribution in [2.75, 3.05) is 0 Å². The van der Waals surface area contributed by atoms with Gasteiger partial charge >= 0.3 is 0 Å². The largest absolute Gasteiger partial charge is 0.322 e. The maximum Gasteiger partial charge on any atom is 0.125 e. The van der Waals surface area contributed by atoms with Crippen LogP contribution in [0.25, 0.3) is 0 Å². The third kappa shape index (κ3) is 2.49. The molecule has 0 radical (unpaired) electrons. The van der Waals surface area contributed by atoms with E-state index >= 15 is 0 Å². The second-order valence-corrected chi connectivity index (χ2v) is 4.37. The molecule has 1 aromatic rings. The standard InChI is InChI=1S/C10H17N3/c1-7-12-6-5-8(13-7)9(11)10(2,3)4/h5-6,9H,11H2,1-4H3. The van der Waals surface area contributed by atoms with Gasteiger partial charge in [-0.05, 0) is 18.4 Å². The Balaban J connectivity index is 2.96. The highest BCUT2D eigenvalue weighted by Crippen LogP contribution is 2.28. The van der Waals surface area contributed by atoms with Crippen molar-refractivity contribution < 1.29 is 0 Å². The molecule has 1 heterocycles. The molecule has 0 saturated carbocycles. The van der Waals surface area contributed by atoms with E-state index in [-0.39, 0.29) is 11.5 Å². The monoisotopic (exact) mass is 179 g/mol. The minimum atomic E-state index is -0.0331. The van der Waals surface area contributed by atoms with Gasteiger partial charge in [-0.25, -0.2) is 9.97 Å². The molecule has 2 N–H and O–H groups in total. The zero-order chi connectivity index (χ0) is 10.1. The van der Waals surface area contributed by atoms with Gasteiger partial charge in [-0.3, -0.25) is 0 Å². The van der Waals surface area contributed by atoms with Crippen LogP contribution in [0.1, 0.15) is 38.3 Å². The Hall–Kier alpha value is -0.960. The van der Waals surface area contributed by atoms with Crippen LogP contribution >= 0.6 is 0 Å². The highest BCUT2D eigenvalue weighted by molar-refractivity contribution is 5.09. The summed E-state index contributed by atoms with van der Waals surface area (Å²) in [6.45, 7) is 8.19. The summed E-state index contributed by atoms with van der Waals surface area (Å²) in [4.78, 5) is 8.34. The van der Waals surface area contributed by atoms with Gasteiger partial charge in [-0.15, -0.1) is 0 Å². The summed E-state index contributed by atoms with van der Waals surface area (Å²) in [5.41, 5.74) is 7.01. The third-order valence-electron chi connectivity index (χ3n) is 2.05. The molecule has 0 aliphatic carbocycles. The van der Waals surface area contributed by atoms with E-state index in [0.29, 0.717) is 0 Å². The van der Waals surface area contributed by atoms with Crippen LogP contribution in [0.5, 0.6) is 0 Å². The van der Waals surface area contributed by atoms with Crippen molar-refractivity contribution in [1.82, 2.24) is 9.97 Å². The van der Waals surface area contributed by atoms with Crippen molar-refractivity contribution in [3.63, 3.8) is 0 Å². The smallest absolute Gasteiger partial charge is 0.125 e. The molecular weight excluding hydrogens is 162 g/mol. The predicted molar refractivity (Wildman–Crippen MR) is 53.2 cm³/mol. The van der Waals surface area contributed by atoms with Crippen LogP contribution < -0.4 is 5.73 Å². The zero-order valence-corrected chi connectivity index (χ0v) is 8.70. The van der Waals surface area contributed by atoms with E-state index in [9.17, 15) is 0 Å². The second-order valence-electron chi connectivity index (χ2n) is 4.37. The lowest BCUT2D eigenvalue weighted by Crippen LogP contribution is -2.27. The first-order valence-electron chi connectivity index (χ1n) is 4.46. The van der Waals surface area contributed by atoms with E-state index in [2.05, 4.69) is 30.7 Å². The first kappa shape index (κ1) is 10.1. The van der Waals surface area contributed by atoms with Crippen LogP contribution in [0, 0.1) is 12.3 Å². The van der Waals surface area contributed by atoms with E-state index in [1.807, 2.05) is 13.0 Å². The Morgan fingerprint density at radius 3 is 2.46 bits per heavy atom. The third-order valence-corrected chi connectivity index (χ3v) is 2.05. The van der Waals surface area contributed by atoms with Crippen molar-refractivity contribution in [2.24, 2.45) is 11.1 Å². The van der Waals surface area contributed by atoms with Gasteiger partial charge in [0.25, 0.3) is 0 Å². The van der Waals surface area contributed by atoms with Crippen LogP contribution in [-0.2, 0) is 0 Å². The quantitative estimate of drug-likeness (QED) is 0.715. The minimum Gasteiger partial charge on any atom is -0.322 e. The topological polar surface area (TPSA) is 51.8 Å².